The van der Waals surface area contributed by atoms with E-state index < -0.39 is 0 Å². The van der Waals surface area contributed by atoms with Gasteiger partial charge in [-0.2, -0.15) is 5.10 Å². The lowest BCUT2D eigenvalue weighted by Gasteiger charge is -2.23. The molecule has 2 aliphatic heterocycles. The van der Waals surface area contributed by atoms with Crippen LogP contribution in [0, 0.1) is 0 Å². The molecule has 2 N–H and O–H groups in total. The van der Waals surface area contributed by atoms with Crippen LogP contribution in [0.25, 0.3) is 33.1 Å². The summed E-state index contributed by atoms with van der Waals surface area (Å²) in [5.41, 5.74) is 6.94. The van der Waals surface area contributed by atoms with Crippen molar-refractivity contribution in [1.82, 2.24) is 20.5 Å². The number of H-pyrrole nitrogens is 1. The Hall–Kier alpha value is -3.29. The molecule has 7 nitrogen and oxygen atoms in total. The summed E-state index contributed by atoms with van der Waals surface area (Å²) in [5.74, 6) is -0.0392. The first-order valence-electron chi connectivity index (χ1n) is 11.1. The summed E-state index contributed by atoms with van der Waals surface area (Å²) in [6, 6.07) is 12.0. The van der Waals surface area contributed by atoms with Gasteiger partial charge in [0.05, 0.1) is 36.1 Å². The van der Waals surface area contributed by atoms with E-state index >= 15 is 0 Å². The number of nitrogens with one attached hydrogen (secondary N) is 2. The first kappa shape index (κ1) is 19.4. The van der Waals surface area contributed by atoms with Crippen molar-refractivity contribution in [3.8, 4) is 11.3 Å². The Bertz CT molecular complexity index is 1310. The Labute approximate surface area is 185 Å². The number of pyridine rings is 1. The average Bonchev–Trinajstić information content (AvgIpc) is 3.33. The number of benzene rings is 2. The van der Waals surface area contributed by atoms with Crippen LogP contribution in [0.3, 0.4) is 0 Å². The van der Waals surface area contributed by atoms with E-state index in [9.17, 15) is 4.79 Å². The number of hydrogen-bond acceptors (Lipinski definition) is 5. The molecule has 0 radical (unpaired) electrons. The van der Waals surface area contributed by atoms with Crippen molar-refractivity contribution in [3.05, 3.63) is 59.3 Å². The van der Waals surface area contributed by atoms with Gasteiger partial charge in [-0.15, -0.1) is 0 Å². The van der Waals surface area contributed by atoms with Crippen LogP contribution >= 0.6 is 0 Å². The van der Waals surface area contributed by atoms with Gasteiger partial charge in [0.1, 0.15) is 0 Å². The maximum absolute atomic E-state index is 12.7. The van der Waals surface area contributed by atoms with Crippen LogP contribution < -0.4 is 5.32 Å². The number of ether oxygens (including phenoxy) is 2. The molecule has 162 valence electrons. The predicted octanol–water partition coefficient (Wildman–Crippen LogP) is 3.76. The van der Waals surface area contributed by atoms with Crippen LogP contribution in [0.4, 0.5) is 0 Å². The first-order valence-corrected chi connectivity index (χ1v) is 11.1. The molecule has 1 amide bonds. The van der Waals surface area contributed by atoms with Crippen LogP contribution in [-0.2, 0) is 22.5 Å². The fourth-order valence-corrected chi connectivity index (χ4v) is 4.81. The monoisotopic (exact) mass is 428 g/mol. The molecule has 0 atom stereocenters. The van der Waals surface area contributed by atoms with E-state index in [2.05, 4.69) is 15.5 Å². The van der Waals surface area contributed by atoms with Crippen LogP contribution in [0.5, 0.6) is 0 Å². The van der Waals surface area contributed by atoms with Gasteiger partial charge in [0.15, 0.2) is 0 Å². The van der Waals surface area contributed by atoms with E-state index in [4.69, 9.17) is 14.5 Å². The molecule has 4 aromatic rings. The Morgan fingerprint density at radius 3 is 2.69 bits per heavy atom. The Kier molecular flexibility index (Phi) is 4.85. The van der Waals surface area contributed by atoms with Gasteiger partial charge in [-0.3, -0.25) is 9.89 Å². The van der Waals surface area contributed by atoms with Gasteiger partial charge in [-0.05, 0) is 49.1 Å². The summed E-state index contributed by atoms with van der Waals surface area (Å²) < 4.78 is 11.2. The molecule has 2 aromatic carbocycles. The van der Waals surface area contributed by atoms with E-state index in [1.807, 2.05) is 42.6 Å². The lowest BCUT2D eigenvalue weighted by molar-refractivity contribution is 0.0696. The summed E-state index contributed by atoms with van der Waals surface area (Å²) in [7, 11) is 0. The maximum atomic E-state index is 12.7. The minimum atomic E-state index is -0.0392. The van der Waals surface area contributed by atoms with E-state index in [-0.39, 0.29) is 11.9 Å². The normalized spacial score (nSPS) is 16.9. The molecule has 2 aliphatic rings. The highest BCUT2D eigenvalue weighted by Gasteiger charge is 2.22. The number of aromatic nitrogens is 3. The van der Waals surface area contributed by atoms with Gasteiger partial charge < -0.3 is 14.8 Å². The molecule has 2 aromatic heterocycles. The van der Waals surface area contributed by atoms with Crippen molar-refractivity contribution in [2.75, 3.05) is 19.8 Å². The number of rotatable bonds is 3. The molecule has 0 aliphatic carbocycles. The molecule has 1 saturated heterocycles. The third-order valence-corrected chi connectivity index (χ3v) is 6.51. The summed E-state index contributed by atoms with van der Waals surface area (Å²) >= 11 is 0. The number of hydrogen-bond donors (Lipinski definition) is 2. The Balaban J connectivity index is 1.37. The molecule has 0 spiro atoms. The van der Waals surface area contributed by atoms with Crippen LogP contribution in [0.15, 0.2) is 42.6 Å². The topological polar surface area (TPSA) is 89.1 Å². The minimum Gasteiger partial charge on any atom is -0.381 e. The third-order valence-electron chi connectivity index (χ3n) is 6.51. The minimum absolute atomic E-state index is 0.0392. The Morgan fingerprint density at radius 1 is 1.00 bits per heavy atom. The van der Waals surface area contributed by atoms with E-state index in [0.717, 1.165) is 57.9 Å². The zero-order valence-corrected chi connectivity index (χ0v) is 17.7. The number of aromatic amines is 1. The van der Waals surface area contributed by atoms with Crippen LogP contribution in [0.1, 0.15) is 34.3 Å². The van der Waals surface area contributed by atoms with Crippen LogP contribution in [0.2, 0.25) is 0 Å². The molecular formula is C25H24N4O3. The van der Waals surface area contributed by atoms with Crippen molar-refractivity contribution in [3.63, 3.8) is 0 Å². The van der Waals surface area contributed by atoms with E-state index in [1.165, 1.54) is 5.56 Å². The molecule has 6 rings (SSSR count). The summed E-state index contributed by atoms with van der Waals surface area (Å²) in [5, 5.41) is 12.7. The number of carbonyl (C=O) groups is 1. The third kappa shape index (κ3) is 3.34. The lowest BCUT2D eigenvalue weighted by atomic mass is 9.92. The maximum Gasteiger partial charge on any atom is 0.251 e. The SMILES string of the molecule is O=C(NC1CCOCC1)c1ccc(-c2nc3ccc4[nH]ncc4c3c3c2COCC3)cc1. The van der Waals surface area contributed by atoms with E-state index in [0.29, 0.717) is 32.0 Å². The Morgan fingerprint density at radius 2 is 1.84 bits per heavy atom. The fraction of sp³-hybridized carbons (Fsp3) is 0.320. The largest absolute Gasteiger partial charge is 0.381 e. The van der Waals surface area contributed by atoms with Gasteiger partial charge >= 0.3 is 0 Å². The molecule has 1 fully saturated rings. The fourth-order valence-electron chi connectivity index (χ4n) is 4.81. The second-order valence-electron chi connectivity index (χ2n) is 8.45. The smallest absolute Gasteiger partial charge is 0.251 e. The number of fused-ring (bicyclic) bond motifs is 5. The van der Waals surface area contributed by atoms with Crippen molar-refractivity contribution in [2.45, 2.75) is 31.9 Å². The average molecular weight is 428 g/mol. The first-order chi connectivity index (χ1) is 15.8. The van der Waals surface area contributed by atoms with E-state index in [1.54, 1.807) is 0 Å². The standard InChI is InChI=1S/C25H24N4O3/c30-25(27-17-7-10-31-11-8-17)16-3-1-15(2-4-16)24-20-14-32-12-9-18(20)23-19-13-26-29-21(19)5-6-22(23)28-24/h1-6,13,17H,7-12,14H2,(H,26,29)(H,27,30). The van der Waals surface area contributed by atoms with Crippen molar-refractivity contribution in [1.29, 1.82) is 0 Å². The zero-order chi connectivity index (χ0) is 21.5. The molecular weight excluding hydrogens is 404 g/mol. The van der Waals surface area contributed by atoms with Crippen molar-refractivity contribution >= 4 is 27.7 Å². The predicted molar refractivity (Wildman–Crippen MR) is 121 cm³/mol. The zero-order valence-electron chi connectivity index (χ0n) is 17.7. The quantitative estimate of drug-likeness (QED) is 0.519. The number of amides is 1. The van der Waals surface area contributed by atoms with Gasteiger partial charge in [0.25, 0.3) is 5.91 Å². The van der Waals surface area contributed by atoms with Gasteiger partial charge in [0, 0.05) is 46.7 Å². The molecule has 0 saturated carbocycles. The second-order valence-corrected chi connectivity index (χ2v) is 8.45. The van der Waals surface area contributed by atoms with Gasteiger partial charge in [-0.25, -0.2) is 4.98 Å². The number of carbonyl (C=O) groups excluding carboxylic acids is 1. The lowest BCUT2D eigenvalue weighted by Crippen LogP contribution is -2.38. The summed E-state index contributed by atoms with van der Waals surface area (Å²) in [4.78, 5) is 17.7. The van der Waals surface area contributed by atoms with Gasteiger partial charge in [0.2, 0.25) is 0 Å². The molecule has 4 heterocycles. The second kappa shape index (κ2) is 8.00. The molecule has 0 unspecified atom stereocenters. The summed E-state index contributed by atoms with van der Waals surface area (Å²) in [6.45, 7) is 2.64. The highest BCUT2D eigenvalue weighted by atomic mass is 16.5. The number of nitrogens with zero attached hydrogens (tertiary/aromatic N) is 2. The van der Waals surface area contributed by atoms with Crippen molar-refractivity contribution < 1.29 is 14.3 Å². The molecule has 32 heavy (non-hydrogen) atoms. The summed E-state index contributed by atoms with van der Waals surface area (Å²) in [6.07, 6.45) is 4.44. The highest BCUT2D eigenvalue weighted by molar-refractivity contribution is 6.07. The molecule has 7 heteroatoms. The van der Waals surface area contributed by atoms with Crippen molar-refractivity contribution in [2.24, 2.45) is 0 Å². The highest BCUT2D eigenvalue weighted by Crippen LogP contribution is 2.36. The van der Waals surface area contributed by atoms with Crippen LogP contribution in [-0.4, -0.2) is 47.0 Å². The molecule has 0 bridgehead atoms. The van der Waals surface area contributed by atoms with Gasteiger partial charge in [-0.1, -0.05) is 12.1 Å².